The number of carbonyl (C=O) groups excluding carboxylic acids is 2. The number of aryl methyl sites for hydroxylation is 2. The average Bonchev–Trinajstić information content (AvgIpc) is 3.09. The summed E-state index contributed by atoms with van der Waals surface area (Å²) < 4.78 is 12.5. The molecule has 248 valence electrons. The van der Waals surface area contributed by atoms with Crippen LogP contribution in [0, 0.1) is 19.3 Å². The fourth-order valence-corrected chi connectivity index (χ4v) is 6.91. The molecule has 0 unspecified atom stereocenters. The SMILES string of the molecule is CCC(C)(CC)Oc1ccc(C2(c3ccc(OC(=O)c4ccc5cc(C(=O)C(C)(C)CC)ccc5c4)c(C)c3)CCCCC2)cc1C. The van der Waals surface area contributed by atoms with Crippen molar-refractivity contribution in [3.05, 3.63) is 106 Å². The predicted molar refractivity (Wildman–Crippen MR) is 193 cm³/mol. The van der Waals surface area contributed by atoms with Crippen LogP contribution in [0.4, 0.5) is 0 Å². The number of rotatable bonds is 11. The van der Waals surface area contributed by atoms with Gasteiger partial charge in [0.15, 0.2) is 5.78 Å². The van der Waals surface area contributed by atoms with Gasteiger partial charge in [0, 0.05) is 16.4 Å². The van der Waals surface area contributed by atoms with Gasteiger partial charge >= 0.3 is 5.97 Å². The van der Waals surface area contributed by atoms with E-state index < -0.39 is 5.41 Å². The maximum Gasteiger partial charge on any atom is 0.343 e. The molecule has 0 atom stereocenters. The monoisotopic (exact) mass is 632 g/mol. The van der Waals surface area contributed by atoms with Gasteiger partial charge in [-0.25, -0.2) is 4.79 Å². The van der Waals surface area contributed by atoms with Gasteiger partial charge in [0.05, 0.1) is 5.56 Å². The first-order valence-corrected chi connectivity index (χ1v) is 17.6. The van der Waals surface area contributed by atoms with Gasteiger partial charge in [-0.05, 0) is 116 Å². The van der Waals surface area contributed by atoms with Gasteiger partial charge in [-0.1, -0.05) is 96.3 Å². The molecule has 1 fully saturated rings. The molecule has 0 aromatic heterocycles. The highest BCUT2D eigenvalue weighted by atomic mass is 16.5. The first kappa shape index (κ1) is 34.4. The second-order valence-electron chi connectivity index (χ2n) is 14.6. The lowest BCUT2D eigenvalue weighted by Crippen LogP contribution is -2.32. The van der Waals surface area contributed by atoms with Gasteiger partial charge in [0.25, 0.3) is 0 Å². The second-order valence-corrected chi connectivity index (χ2v) is 14.6. The molecule has 1 aliphatic carbocycles. The molecule has 0 amide bonds. The number of esters is 1. The highest BCUT2D eigenvalue weighted by Crippen LogP contribution is 2.47. The van der Waals surface area contributed by atoms with Gasteiger partial charge in [0.2, 0.25) is 0 Å². The number of fused-ring (bicyclic) bond motifs is 1. The van der Waals surface area contributed by atoms with Gasteiger partial charge in [-0.3, -0.25) is 4.79 Å². The Morgan fingerprint density at radius 2 is 1.19 bits per heavy atom. The van der Waals surface area contributed by atoms with Gasteiger partial charge in [-0.15, -0.1) is 0 Å². The Hall–Kier alpha value is -3.92. The molecule has 0 spiro atoms. The lowest BCUT2D eigenvalue weighted by atomic mass is 9.65. The summed E-state index contributed by atoms with van der Waals surface area (Å²) in [4.78, 5) is 26.3. The van der Waals surface area contributed by atoms with Crippen LogP contribution in [0.1, 0.15) is 136 Å². The quantitative estimate of drug-likeness (QED) is 0.0938. The highest BCUT2D eigenvalue weighted by molar-refractivity contribution is 6.04. The van der Waals surface area contributed by atoms with E-state index in [1.54, 1.807) is 6.07 Å². The molecular weight excluding hydrogens is 580 g/mol. The molecule has 5 rings (SSSR count). The number of carbonyl (C=O) groups is 2. The second kappa shape index (κ2) is 13.7. The molecule has 1 aliphatic rings. The van der Waals surface area contributed by atoms with E-state index in [4.69, 9.17) is 9.47 Å². The Morgan fingerprint density at radius 1 is 0.660 bits per heavy atom. The molecule has 1 saturated carbocycles. The summed E-state index contributed by atoms with van der Waals surface area (Å²) in [5.41, 5.74) is 5.25. The standard InChI is InChI=1S/C43H52O4/c1-9-41(6,7)39(44)33-17-15-32-28-34(18-16-31(32)27-33)40(45)46-37-21-19-35(25-29(37)4)43(23-13-12-14-24-43)36-20-22-38(30(5)26-36)47-42(8,10-2)11-3/h15-22,25-28H,9-14,23-24H2,1-8H3. The topological polar surface area (TPSA) is 52.6 Å². The van der Waals surface area contributed by atoms with Crippen molar-refractivity contribution >= 4 is 22.5 Å². The molecule has 0 aliphatic heterocycles. The van der Waals surface area contributed by atoms with Crippen molar-refractivity contribution in [2.45, 2.75) is 118 Å². The molecule has 47 heavy (non-hydrogen) atoms. The summed E-state index contributed by atoms with van der Waals surface area (Å²) in [6, 6.07) is 24.3. The minimum atomic E-state index is -0.411. The average molecular weight is 633 g/mol. The van der Waals surface area contributed by atoms with Gasteiger partial charge < -0.3 is 9.47 Å². The molecule has 0 N–H and O–H groups in total. The van der Waals surface area contributed by atoms with Crippen LogP contribution in [-0.2, 0) is 5.41 Å². The van der Waals surface area contributed by atoms with Crippen molar-refractivity contribution in [1.82, 2.24) is 0 Å². The summed E-state index contributed by atoms with van der Waals surface area (Å²) in [6.45, 7) is 16.7. The van der Waals surface area contributed by atoms with Crippen LogP contribution < -0.4 is 9.47 Å². The molecule has 4 aromatic carbocycles. The third-order valence-corrected chi connectivity index (χ3v) is 11.1. The van der Waals surface area contributed by atoms with Crippen LogP contribution in [0.5, 0.6) is 11.5 Å². The van der Waals surface area contributed by atoms with Crippen LogP contribution in [0.15, 0.2) is 72.8 Å². The number of ether oxygens (including phenoxy) is 2. The van der Waals surface area contributed by atoms with E-state index in [2.05, 4.69) is 58.0 Å². The van der Waals surface area contributed by atoms with E-state index >= 15 is 0 Å². The zero-order valence-electron chi connectivity index (χ0n) is 29.7. The summed E-state index contributed by atoms with van der Waals surface area (Å²) in [5.74, 6) is 1.28. The smallest absolute Gasteiger partial charge is 0.343 e. The Bertz CT molecular complexity index is 1770. The predicted octanol–water partition coefficient (Wildman–Crippen LogP) is 11.5. The maximum absolute atomic E-state index is 13.4. The highest BCUT2D eigenvalue weighted by Gasteiger charge is 2.37. The van der Waals surface area contributed by atoms with Crippen LogP contribution in [0.3, 0.4) is 0 Å². The lowest BCUT2D eigenvalue weighted by Gasteiger charge is -2.39. The van der Waals surface area contributed by atoms with Crippen molar-refractivity contribution in [1.29, 1.82) is 0 Å². The van der Waals surface area contributed by atoms with Crippen LogP contribution >= 0.6 is 0 Å². The minimum Gasteiger partial charge on any atom is -0.487 e. The van der Waals surface area contributed by atoms with Crippen molar-refractivity contribution < 1.29 is 19.1 Å². The largest absolute Gasteiger partial charge is 0.487 e. The Kier molecular flexibility index (Phi) is 10.0. The molecule has 4 aromatic rings. The fourth-order valence-electron chi connectivity index (χ4n) is 6.91. The summed E-state index contributed by atoms with van der Waals surface area (Å²) in [5, 5.41) is 1.83. The zero-order valence-corrected chi connectivity index (χ0v) is 29.7. The normalized spacial score (nSPS) is 15.0. The number of benzene rings is 4. The number of Topliss-reactive ketones (excluding diaryl/α,β-unsaturated/α-hetero) is 1. The zero-order chi connectivity index (χ0) is 34.0. The third-order valence-electron chi connectivity index (χ3n) is 11.1. The van der Waals surface area contributed by atoms with Crippen molar-refractivity contribution in [3.8, 4) is 11.5 Å². The first-order valence-electron chi connectivity index (χ1n) is 17.6. The first-order chi connectivity index (χ1) is 22.3. The number of hydrogen-bond donors (Lipinski definition) is 0. The van der Waals surface area contributed by atoms with Gasteiger partial charge in [0.1, 0.15) is 17.1 Å². The molecule has 0 saturated heterocycles. The van der Waals surface area contributed by atoms with Gasteiger partial charge in [-0.2, -0.15) is 0 Å². The van der Waals surface area contributed by atoms with Crippen LogP contribution in [-0.4, -0.2) is 17.4 Å². The number of hydrogen-bond acceptors (Lipinski definition) is 4. The maximum atomic E-state index is 13.4. The van der Waals surface area contributed by atoms with E-state index in [1.807, 2.05) is 64.1 Å². The van der Waals surface area contributed by atoms with E-state index in [0.717, 1.165) is 54.2 Å². The molecule has 0 heterocycles. The van der Waals surface area contributed by atoms with Crippen molar-refractivity contribution in [2.24, 2.45) is 5.41 Å². The molecular formula is C43H52O4. The molecule has 0 bridgehead atoms. The lowest BCUT2D eigenvalue weighted by molar-refractivity contribution is 0.0732. The summed E-state index contributed by atoms with van der Waals surface area (Å²) in [6.07, 6.45) is 8.51. The molecule has 4 nitrogen and oxygen atoms in total. The Balaban J connectivity index is 1.38. The summed E-state index contributed by atoms with van der Waals surface area (Å²) in [7, 11) is 0. The Labute approximate surface area is 281 Å². The summed E-state index contributed by atoms with van der Waals surface area (Å²) >= 11 is 0. The van der Waals surface area contributed by atoms with Crippen molar-refractivity contribution in [3.63, 3.8) is 0 Å². The number of ketones is 1. The third kappa shape index (κ3) is 7.03. The van der Waals surface area contributed by atoms with E-state index in [1.165, 1.54) is 36.0 Å². The minimum absolute atomic E-state index is 0.0847. The van der Waals surface area contributed by atoms with E-state index in [-0.39, 0.29) is 22.8 Å². The Morgan fingerprint density at radius 3 is 1.72 bits per heavy atom. The molecule has 4 heteroatoms. The van der Waals surface area contributed by atoms with Crippen LogP contribution in [0.2, 0.25) is 0 Å². The van der Waals surface area contributed by atoms with E-state index in [0.29, 0.717) is 16.9 Å². The van der Waals surface area contributed by atoms with Crippen LogP contribution in [0.25, 0.3) is 10.8 Å². The fraction of sp³-hybridized carbons (Fsp3) is 0.442. The van der Waals surface area contributed by atoms with E-state index in [9.17, 15) is 9.59 Å². The molecule has 0 radical (unpaired) electrons. The van der Waals surface area contributed by atoms with Crippen molar-refractivity contribution in [2.75, 3.05) is 0 Å².